The quantitative estimate of drug-likeness (QED) is 0.464. The van der Waals surface area contributed by atoms with Crippen molar-refractivity contribution < 1.29 is 27.5 Å². The lowest BCUT2D eigenvalue weighted by Crippen LogP contribution is -2.52. The molecule has 1 aliphatic rings. The van der Waals surface area contributed by atoms with Crippen LogP contribution in [-0.4, -0.2) is 63.2 Å². The number of rotatable bonds is 10. The topological polar surface area (TPSA) is 105 Å². The zero-order valence-corrected chi connectivity index (χ0v) is 23.5. The van der Waals surface area contributed by atoms with Gasteiger partial charge >= 0.3 is 0 Å². The first kappa shape index (κ1) is 28.9. The molecule has 202 valence electrons. The highest BCUT2D eigenvalue weighted by Crippen LogP contribution is 2.35. The van der Waals surface area contributed by atoms with Crippen molar-refractivity contribution in [3.05, 3.63) is 52.0 Å². The Morgan fingerprint density at radius 2 is 1.73 bits per heavy atom. The van der Waals surface area contributed by atoms with E-state index >= 15 is 0 Å². The van der Waals surface area contributed by atoms with Gasteiger partial charge < -0.3 is 19.7 Å². The highest BCUT2D eigenvalue weighted by molar-refractivity contribution is 7.92. The fourth-order valence-electron chi connectivity index (χ4n) is 3.68. The lowest BCUT2D eigenvalue weighted by atomic mass is 10.1. The Balaban J connectivity index is 1.94. The molecule has 0 saturated heterocycles. The van der Waals surface area contributed by atoms with Crippen LogP contribution in [0, 0.1) is 0 Å². The third-order valence-corrected chi connectivity index (χ3v) is 7.74. The van der Waals surface area contributed by atoms with E-state index in [4.69, 9.17) is 32.7 Å². The zero-order chi connectivity index (χ0) is 27.3. The van der Waals surface area contributed by atoms with Gasteiger partial charge in [0.2, 0.25) is 21.8 Å². The number of amides is 2. The van der Waals surface area contributed by atoms with Crippen LogP contribution in [0.2, 0.25) is 10.0 Å². The second kappa shape index (κ2) is 12.2. The average Bonchev–Trinajstić information content (AvgIpc) is 2.85. The maximum Gasteiger partial charge on any atom is 0.244 e. The fraction of sp³-hybridized carbons (Fsp3) is 0.440. The summed E-state index contributed by atoms with van der Waals surface area (Å²) in [6, 6.07) is 8.49. The Hall–Kier alpha value is -2.69. The van der Waals surface area contributed by atoms with Gasteiger partial charge in [-0.3, -0.25) is 13.9 Å². The number of fused-ring (bicyclic) bond motifs is 1. The number of hydrogen-bond donors (Lipinski definition) is 1. The molecule has 2 amide bonds. The molecule has 1 N–H and O–H groups in total. The van der Waals surface area contributed by atoms with Crippen LogP contribution in [0.5, 0.6) is 11.5 Å². The first-order valence-electron chi connectivity index (χ1n) is 11.8. The van der Waals surface area contributed by atoms with Crippen molar-refractivity contribution in [1.29, 1.82) is 0 Å². The summed E-state index contributed by atoms with van der Waals surface area (Å²) < 4.78 is 37.6. The van der Waals surface area contributed by atoms with E-state index in [-0.39, 0.29) is 24.2 Å². The molecule has 0 fully saturated rings. The van der Waals surface area contributed by atoms with Crippen LogP contribution >= 0.6 is 23.2 Å². The number of nitrogens with one attached hydrogen (secondary N) is 1. The molecule has 12 heteroatoms. The molecule has 0 spiro atoms. The summed E-state index contributed by atoms with van der Waals surface area (Å²) in [6.07, 6.45) is 1.72. The lowest BCUT2D eigenvalue weighted by molar-refractivity contribution is -0.139. The third-order valence-electron chi connectivity index (χ3n) is 6.02. The summed E-state index contributed by atoms with van der Waals surface area (Å²) in [5, 5.41) is 3.63. The van der Waals surface area contributed by atoms with Crippen molar-refractivity contribution in [2.24, 2.45) is 0 Å². The maximum absolute atomic E-state index is 13.7. The molecule has 0 unspecified atom stereocenters. The molecule has 2 aromatic rings. The number of sulfonamides is 1. The molecule has 9 nitrogen and oxygen atoms in total. The predicted molar refractivity (Wildman–Crippen MR) is 144 cm³/mol. The van der Waals surface area contributed by atoms with E-state index < -0.39 is 28.5 Å². The molecule has 2 atom stereocenters. The Morgan fingerprint density at radius 3 is 2.35 bits per heavy atom. The van der Waals surface area contributed by atoms with E-state index in [1.165, 1.54) is 11.0 Å². The lowest BCUT2D eigenvalue weighted by Gasteiger charge is -2.32. The standard InChI is InChI=1S/C25H31Cl2N3O6S/c1-5-16(2)28-25(32)17(3)29(14-18-6-7-19(26)12-21(18)27)24(31)15-30(37(4,33)34)20-8-9-22-23(13-20)36-11-10-35-22/h6-9,12-13,16-17H,5,10-11,14-15H2,1-4H3,(H,28,32)/t16-,17+/m0/s1. The zero-order valence-electron chi connectivity index (χ0n) is 21.2. The molecule has 2 aromatic carbocycles. The number of carbonyl (C=O) groups excluding carboxylic acids is 2. The van der Waals surface area contributed by atoms with Gasteiger partial charge in [0.1, 0.15) is 25.8 Å². The molecule has 1 heterocycles. The van der Waals surface area contributed by atoms with Gasteiger partial charge in [-0.2, -0.15) is 0 Å². The Kier molecular flexibility index (Phi) is 9.55. The van der Waals surface area contributed by atoms with E-state index in [1.54, 1.807) is 37.3 Å². The summed E-state index contributed by atoms with van der Waals surface area (Å²) in [4.78, 5) is 27.9. The highest BCUT2D eigenvalue weighted by Gasteiger charge is 2.31. The molecular weight excluding hydrogens is 541 g/mol. The Labute approximate surface area is 227 Å². The van der Waals surface area contributed by atoms with Gasteiger partial charge in [-0.05, 0) is 50.1 Å². The van der Waals surface area contributed by atoms with Crippen LogP contribution in [-0.2, 0) is 26.2 Å². The minimum absolute atomic E-state index is 0.0251. The van der Waals surface area contributed by atoms with E-state index in [1.807, 2.05) is 13.8 Å². The van der Waals surface area contributed by atoms with Crippen molar-refractivity contribution >= 4 is 50.7 Å². The van der Waals surface area contributed by atoms with Crippen LogP contribution in [0.4, 0.5) is 5.69 Å². The van der Waals surface area contributed by atoms with Crippen LogP contribution in [0.1, 0.15) is 32.8 Å². The second-order valence-corrected chi connectivity index (χ2v) is 11.6. The summed E-state index contributed by atoms with van der Waals surface area (Å²) in [6.45, 7) is 5.54. The molecule has 0 aliphatic carbocycles. The minimum Gasteiger partial charge on any atom is -0.486 e. The molecular formula is C25H31Cl2N3O6S. The highest BCUT2D eigenvalue weighted by atomic mass is 35.5. The predicted octanol–water partition coefficient (Wildman–Crippen LogP) is 3.86. The molecule has 0 aromatic heterocycles. The fourth-order valence-corrected chi connectivity index (χ4v) is 4.99. The molecule has 0 bridgehead atoms. The first-order valence-corrected chi connectivity index (χ1v) is 14.4. The van der Waals surface area contributed by atoms with E-state index in [0.29, 0.717) is 46.7 Å². The van der Waals surface area contributed by atoms with Crippen molar-refractivity contribution in [3.8, 4) is 11.5 Å². The number of anilines is 1. The number of benzene rings is 2. The van der Waals surface area contributed by atoms with Crippen molar-refractivity contribution in [2.75, 3.05) is 30.3 Å². The number of carbonyl (C=O) groups is 2. The van der Waals surface area contributed by atoms with Crippen molar-refractivity contribution in [2.45, 2.75) is 45.8 Å². The van der Waals surface area contributed by atoms with Crippen molar-refractivity contribution in [3.63, 3.8) is 0 Å². The summed E-state index contributed by atoms with van der Waals surface area (Å²) >= 11 is 12.4. The third kappa shape index (κ3) is 7.43. The monoisotopic (exact) mass is 571 g/mol. The van der Waals surface area contributed by atoms with Crippen LogP contribution in [0.15, 0.2) is 36.4 Å². The normalized spacial score (nSPS) is 14.4. The van der Waals surface area contributed by atoms with Crippen LogP contribution in [0.3, 0.4) is 0 Å². The van der Waals surface area contributed by atoms with Gasteiger partial charge in [-0.1, -0.05) is 36.2 Å². The SMILES string of the molecule is CC[C@H](C)NC(=O)[C@@H](C)N(Cc1ccc(Cl)cc1Cl)C(=O)CN(c1ccc2c(c1)OCCO2)S(C)(=O)=O. The second-order valence-electron chi connectivity index (χ2n) is 8.85. The molecule has 3 rings (SSSR count). The number of ether oxygens (including phenoxy) is 2. The minimum atomic E-state index is -3.88. The van der Waals surface area contributed by atoms with Gasteiger partial charge in [0, 0.05) is 28.7 Å². The summed E-state index contributed by atoms with van der Waals surface area (Å²) in [7, 11) is -3.88. The van der Waals surface area contributed by atoms with E-state index in [2.05, 4.69) is 5.32 Å². The Bertz CT molecular complexity index is 1260. The van der Waals surface area contributed by atoms with Gasteiger partial charge in [0.05, 0.1) is 11.9 Å². The summed E-state index contributed by atoms with van der Waals surface area (Å²) in [5.74, 6) is -0.0729. The molecule has 1 aliphatic heterocycles. The maximum atomic E-state index is 13.7. The number of nitrogens with zero attached hydrogens (tertiary/aromatic N) is 2. The molecule has 0 saturated carbocycles. The van der Waals surface area contributed by atoms with Gasteiger partial charge in [-0.15, -0.1) is 0 Å². The molecule has 0 radical (unpaired) electrons. The smallest absolute Gasteiger partial charge is 0.244 e. The van der Waals surface area contributed by atoms with E-state index in [9.17, 15) is 18.0 Å². The van der Waals surface area contributed by atoms with Gasteiger partial charge in [-0.25, -0.2) is 8.42 Å². The van der Waals surface area contributed by atoms with E-state index in [0.717, 1.165) is 10.6 Å². The number of hydrogen-bond acceptors (Lipinski definition) is 6. The van der Waals surface area contributed by atoms with Crippen molar-refractivity contribution in [1.82, 2.24) is 10.2 Å². The summed E-state index contributed by atoms with van der Waals surface area (Å²) in [5.41, 5.74) is 0.800. The average molecular weight is 573 g/mol. The van der Waals surface area contributed by atoms with Gasteiger partial charge in [0.25, 0.3) is 0 Å². The first-order chi connectivity index (χ1) is 17.4. The largest absolute Gasteiger partial charge is 0.486 e. The number of halogens is 2. The van der Waals surface area contributed by atoms with Gasteiger partial charge in [0.15, 0.2) is 11.5 Å². The Morgan fingerprint density at radius 1 is 1.05 bits per heavy atom. The molecule has 37 heavy (non-hydrogen) atoms. The van der Waals surface area contributed by atoms with Crippen LogP contribution < -0.4 is 19.1 Å². The van der Waals surface area contributed by atoms with Crippen LogP contribution in [0.25, 0.3) is 0 Å².